The van der Waals surface area contributed by atoms with Gasteiger partial charge in [0.15, 0.2) is 5.78 Å². The van der Waals surface area contributed by atoms with E-state index >= 15 is 0 Å². The first-order valence-corrected chi connectivity index (χ1v) is 10.3. The minimum absolute atomic E-state index is 0.0161. The van der Waals surface area contributed by atoms with E-state index in [9.17, 15) is 9.59 Å². The van der Waals surface area contributed by atoms with Gasteiger partial charge in [-0.05, 0) is 56.5 Å². The number of benzene rings is 2. The Morgan fingerprint density at radius 2 is 1.63 bits per heavy atom. The van der Waals surface area contributed by atoms with Crippen LogP contribution in [0.25, 0.3) is 16.6 Å². The minimum Gasteiger partial charge on any atom is -0.402 e. The largest absolute Gasteiger partial charge is 0.402 e. The van der Waals surface area contributed by atoms with Gasteiger partial charge in [-0.2, -0.15) is 0 Å². The number of allylic oxidation sites excluding steroid dienone is 2. The number of hydrogen-bond acceptors (Lipinski definition) is 4. The van der Waals surface area contributed by atoms with E-state index in [1.807, 2.05) is 29.2 Å². The molecule has 1 saturated heterocycles. The van der Waals surface area contributed by atoms with Gasteiger partial charge in [-0.3, -0.25) is 9.59 Å². The lowest BCUT2D eigenvalue weighted by atomic mass is 9.95. The van der Waals surface area contributed by atoms with Crippen molar-refractivity contribution in [3.8, 4) is 0 Å². The third-order valence-corrected chi connectivity index (χ3v) is 5.74. The molecule has 1 aromatic heterocycles. The quantitative estimate of drug-likeness (QED) is 0.648. The summed E-state index contributed by atoms with van der Waals surface area (Å²) in [7, 11) is 0. The number of aromatic amines is 1. The summed E-state index contributed by atoms with van der Waals surface area (Å²) in [6.45, 7) is 4.60. The van der Waals surface area contributed by atoms with E-state index in [-0.39, 0.29) is 11.7 Å². The topological polar surface area (TPSA) is 92.1 Å². The van der Waals surface area contributed by atoms with Gasteiger partial charge in [0, 0.05) is 35.8 Å². The van der Waals surface area contributed by atoms with Gasteiger partial charge in [0.05, 0.1) is 11.0 Å². The number of nitrogens with two attached hydrogens (primary N) is 1. The minimum atomic E-state index is -0.0817. The monoisotopic (exact) mass is 402 g/mol. The molecule has 154 valence electrons. The SMILES string of the molecule is CC(=O)C(=C(C)N)c1ccc(C(=O)N2CCC(c3nc4ccccc4[nH]3)CC2)cc1. The van der Waals surface area contributed by atoms with Gasteiger partial charge in [0.25, 0.3) is 5.91 Å². The number of nitrogens with zero attached hydrogens (tertiary/aromatic N) is 2. The number of para-hydroxylation sites is 2. The average molecular weight is 402 g/mol. The fourth-order valence-electron chi connectivity index (χ4n) is 4.19. The number of carbonyl (C=O) groups excluding carboxylic acids is 2. The van der Waals surface area contributed by atoms with Crippen LogP contribution in [0.2, 0.25) is 0 Å². The third-order valence-electron chi connectivity index (χ3n) is 5.74. The molecule has 3 N–H and O–H groups in total. The van der Waals surface area contributed by atoms with Crippen molar-refractivity contribution in [3.05, 3.63) is 71.2 Å². The summed E-state index contributed by atoms with van der Waals surface area (Å²) in [6, 6.07) is 15.2. The highest BCUT2D eigenvalue weighted by atomic mass is 16.2. The highest BCUT2D eigenvalue weighted by Crippen LogP contribution is 2.28. The van der Waals surface area contributed by atoms with Gasteiger partial charge in [-0.1, -0.05) is 24.3 Å². The standard InChI is InChI=1S/C24H26N4O2/c1-15(25)22(16(2)29)17-7-9-19(10-8-17)24(30)28-13-11-18(12-14-28)23-26-20-5-3-4-6-21(20)27-23/h3-10,18H,11-14,25H2,1-2H3,(H,26,27). The number of likely N-dealkylation sites (tertiary alicyclic amines) is 1. The van der Waals surface area contributed by atoms with E-state index < -0.39 is 0 Å². The third kappa shape index (κ3) is 3.85. The van der Waals surface area contributed by atoms with E-state index in [1.54, 1.807) is 31.2 Å². The maximum Gasteiger partial charge on any atom is 0.253 e. The normalized spacial score (nSPS) is 15.9. The van der Waals surface area contributed by atoms with Crippen LogP contribution in [-0.2, 0) is 4.79 Å². The first-order valence-electron chi connectivity index (χ1n) is 10.3. The molecular weight excluding hydrogens is 376 g/mol. The fraction of sp³-hybridized carbons (Fsp3) is 0.292. The second-order valence-corrected chi connectivity index (χ2v) is 7.90. The Morgan fingerprint density at radius 1 is 1.00 bits per heavy atom. The smallest absolute Gasteiger partial charge is 0.253 e. The summed E-state index contributed by atoms with van der Waals surface area (Å²) in [6.07, 6.45) is 1.76. The van der Waals surface area contributed by atoms with E-state index in [1.165, 1.54) is 6.92 Å². The summed E-state index contributed by atoms with van der Waals surface area (Å²) in [4.78, 5) is 34.8. The number of carbonyl (C=O) groups is 2. The van der Waals surface area contributed by atoms with E-state index in [0.29, 0.717) is 35.8 Å². The Morgan fingerprint density at radius 3 is 2.23 bits per heavy atom. The van der Waals surface area contributed by atoms with Crippen LogP contribution in [0.4, 0.5) is 0 Å². The number of Topliss-reactive ketones (excluding diaryl/α,β-unsaturated/α-hetero) is 1. The Labute approximate surface area is 175 Å². The molecule has 30 heavy (non-hydrogen) atoms. The van der Waals surface area contributed by atoms with Crippen LogP contribution in [0.3, 0.4) is 0 Å². The van der Waals surface area contributed by atoms with Crippen LogP contribution in [0.1, 0.15) is 54.4 Å². The number of imidazole rings is 1. The van der Waals surface area contributed by atoms with Crippen LogP contribution in [0.15, 0.2) is 54.2 Å². The number of rotatable bonds is 4. The molecule has 2 heterocycles. The van der Waals surface area contributed by atoms with Crippen molar-refractivity contribution in [3.63, 3.8) is 0 Å². The fourth-order valence-corrected chi connectivity index (χ4v) is 4.19. The Kier molecular flexibility index (Phi) is 5.40. The Hall–Kier alpha value is -3.41. The number of ketones is 1. The van der Waals surface area contributed by atoms with Crippen molar-refractivity contribution >= 4 is 28.3 Å². The number of nitrogens with one attached hydrogen (secondary N) is 1. The molecule has 2 aromatic carbocycles. The molecule has 1 fully saturated rings. The number of H-pyrrole nitrogens is 1. The first kappa shape index (κ1) is 19.9. The van der Waals surface area contributed by atoms with Crippen LogP contribution >= 0.6 is 0 Å². The van der Waals surface area contributed by atoms with Gasteiger partial charge in [0.1, 0.15) is 5.82 Å². The molecule has 1 aliphatic heterocycles. The van der Waals surface area contributed by atoms with Crippen molar-refractivity contribution in [1.82, 2.24) is 14.9 Å². The van der Waals surface area contributed by atoms with Crippen molar-refractivity contribution in [2.75, 3.05) is 13.1 Å². The lowest BCUT2D eigenvalue weighted by Crippen LogP contribution is -2.38. The molecule has 0 spiro atoms. The predicted octanol–water partition coefficient (Wildman–Crippen LogP) is 3.86. The molecule has 1 amide bonds. The zero-order chi connectivity index (χ0) is 21.3. The van der Waals surface area contributed by atoms with Crippen molar-refractivity contribution < 1.29 is 9.59 Å². The maximum absolute atomic E-state index is 12.9. The molecule has 3 aromatic rings. The highest BCUT2D eigenvalue weighted by Gasteiger charge is 2.26. The van der Waals surface area contributed by atoms with Crippen molar-refractivity contribution in [2.24, 2.45) is 5.73 Å². The summed E-state index contributed by atoms with van der Waals surface area (Å²) in [5, 5.41) is 0. The second kappa shape index (κ2) is 8.14. The summed E-state index contributed by atoms with van der Waals surface area (Å²) in [5.74, 6) is 1.28. The first-order chi connectivity index (χ1) is 14.4. The van der Waals surface area contributed by atoms with Crippen LogP contribution in [0.5, 0.6) is 0 Å². The van der Waals surface area contributed by atoms with E-state index in [0.717, 1.165) is 35.3 Å². The van der Waals surface area contributed by atoms with E-state index in [4.69, 9.17) is 10.7 Å². The zero-order valence-electron chi connectivity index (χ0n) is 17.3. The number of hydrogen-bond donors (Lipinski definition) is 2. The van der Waals surface area contributed by atoms with Gasteiger partial charge in [0.2, 0.25) is 0 Å². The van der Waals surface area contributed by atoms with Crippen LogP contribution in [0, 0.1) is 0 Å². The summed E-state index contributed by atoms with van der Waals surface area (Å²) < 4.78 is 0. The Balaban J connectivity index is 1.43. The number of amides is 1. The molecular formula is C24H26N4O2. The zero-order valence-corrected chi connectivity index (χ0v) is 17.3. The molecule has 0 atom stereocenters. The lowest BCUT2D eigenvalue weighted by molar-refractivity contribution is -0.111. The second-order valence-electron chi connectivity index (χ2n) is 7.90. The summed E-state index contributed by atoms with van der Waals surface area (Å²) >= 11 is 0. The van der Waals surface area contributed by atoms with Crippen molar-refractivity contribution in [2.45, 2.75) is 32.6 Å². The number of piperidine rings is 1. The Bertz CT molecular complexity index is 1080. The number of fused-ring (bicyclic) bond motifs is 1. The highest BCUT2D eigenvalue weighted by molar-refractivity contribution is 6.20. The van der Waals surface area contributed by atoms with Gasteiger partial charge in [-0.15, -0.1) is 0 Å². The van der Waals surface area contributed by atoms with Gasteiger partial charge in [-0.25, -0.2) is 4.98 Å². The molecule has 6 nitrogen and oxygen atoms in total. The molecule has 0 radical (unpaired) electrons. The van der Waals surface area contributed by atoms with E-state index in [2.05, 4.69) is 4.98 Å². The molecule has 1 aliphatic rings. The average Bonchev–Trinajstić information content (AvgIpc) is 3.18. The lowest BCUT2D eigenvalue weighted by Gasteiger charge is -2.31. The summed E-state index contributed by atoms with van der Waals surface area (Å²) in [5.41, 5.74) is 10.2. The predicted molar refractivity (Wildman–Crippen MR) is 118 cm³/mol. The van der Waals surface area contributed by atoms with Crippen LogP contribution < -0.4 is 5.73 Å². The molecule has 4 rings (SSSR count). The van der Waals surface area contributed by atoms with Crippen molar-refractivity contribution in [1.29, 1.82) is 0 Å². The molecule has 0 unspecified atom stereocenters. The molecule has 0 bridgehead atoms. The molecule has 0 aliphatic carbocycles. The van der Waals surface area contributed by atoms with Gasteiger partial charge < -0.3 is 15.6 Å². The van der Waals surface area contributed by atoms with Crippen LogP contribution in [-0.4, -0.2) is 39.6 Å². The molecule has 0 saturated carbocycles. The maximum atomic E-state index is 12.9. The number of aromatic nitrogens is 2. The molecule has 6 heteroatoms. The van der Waals surface area contributed by atoms with Gasteiger partial charge >= 0.3 is 0 Å².